The number of piperidine rings is 1. The first-order valence-electron chi connectivity index (χ1n) is 7.97. The molecule has 1 unspecified atom stereocenters. The molecule has 1 aromatic carbocycles. The second-order valence-corrected chi connectivity index (χ2v) is 5.63. The average Bonchev–Trinajstić information content (AvgIpc) is 2.53. The van der Waals surface area contributed by atoms with Crippen LogP contribution in [-0.2, 0) is 20.9 Å². The lowest BCUT2D eigenvalue weighted by atomic mass is 9.96. The molecule has 1 aromatic rings. The standard InChI is InChI=1S/C17H23FN2O3/c1-2-23-9-8-19-17(22)14-6-7-16(21)20(12-14)11-13-4-3-5-15(18)10-13/h3-5,10,14H,2,6-9,11-12H2,1H3,(H,19,22). The molecule has 0 aromatic heterocycles. The minimum atomic E-state index is -0.322. The molecule has 1 saturated heterocycles. The zero-order chi connectivity index (χ0) is 16.7. The third-order valence-electron chi connectivity index (χ3n) is 3.88. The Hall–Kier alpha value is -1.95. The highest BCUT2D eigenvalue weighted by atomic mass is 19.1. The molecule has 2 amide bonds. The van der Waals surface area contributed by atoms with E-state index in [1.165, 1.54) is 12.1 Å². The van der Waals surface area contributed by atoms with Crippen LogP contribution >= 0.6 is 0 Å². The van der Waals surface area contributed by atoms with Gasteiger partial charge in [0.1, 0.15) is 5.82 Å². The largest absolute Gasteiger partial charge is 0.380 e. The molecule has 0 radical (unpaired) electrons. The Balaban J connectivity index is 1.88. The van der Waals surface area contributed by atoms with E-state index in [4.69, 9.17) is 4.74 Å². The van der Waals surface area contributed by atoms with Gasteiger partial charge in [-0.2, -0.15) is 0 Å². The van der Waals surface area contributed by atoms with E-state index in [1.54, 1.807) is 17.0 Å². The third-order valence-corrected chi connectivity index (χ3v) is 3.88. The first-order chi connectivity index (χ1) is 11.1. The smallest absolute Gasteiger partial charge is 0.224 e. The number of hydrogen-bond donors (Lipinski definition) is 1. The molecular weight excluding hydrogens is 299 g/mol. The van der Waals surface area contributed by atoms with Crippen molar-refractivity contribution in [1.29, 1.82) is 0 Å². The minimum absolute atomic E-state index is 0.00706. The summed E-state index contributed by atoms with van der Waals surface area (Å²) in [7, 11) is 0. The number of amides is 2. The molecule has 6 heteroatoms. The quantitative estimate of drug-likeness (QED) is 0.778. The average molecular weight is 322 g/mol. The Bertz CT molecular complexity index is 550. The van der Waals surface area contributed by atoms with Gasteiger partial charge in [-0.15, -0.1) is 0 Å². The van der Waals surface area contributed by atoms with E-state index < -0.39 is 0 Å². The van der Waals surface area contributed by atoms with Crippen LogP contribution in [0.3, 0.4) is 0 Å². The summed E-state index contributed by atoms with van der Waals surface area (Å²) in [5, 5.41) is 2.83. The molecule has 0 spiro atoms. The molecule has 2 rings (SSSR count). The topological polar surface area (TPSA) is 58.6 Å². The molecule has 23 heavy (non-hydrogen) atoms. The molecule has 1 fully saturated rings. The predicted molar refractivity (Wildman–Crippen MR) is 84.0 cm³/mol. The van der Waals surface area contributed by atoms with Gasteiger partial charge in [-0.3, -0.25) is 9.59 Å². The Morgan fingerprint density at radius 2 is 2.30 bits per heavy atom. The van der Waals surface area contributed by atoms with Crippen molar-refractivity contribution in [1.82, 2.24) is 10.2 Å². The number of carbonyl (C=O) groups is 2. The predicted octanol–water partition coefficient (Wildman–Crippen LogP) is 1.72. The Labute approximate surface area is 135 Å². The van der Waals surface area contributed by atoms with E-state index in [9.17, 15) is 14.0 Å². The van der Waals surface area contributed by atoms with Crippen molar-refractivity contribution in [2.45, 2.75) is 26.3 Å². The fourth-order valence-corrected chi connectivity index (χ4v) is 2.67. The number of ether oxygens (including phenoxy) is 1. The van der Waals surface area contributed by atoms with Crippen LogP contribution in [0.4, 0.5) is 4.39 Å². The van der Waals surface area contributed by atoms with Crippen LogP contribution in [0.2, 0.25) is 0 Å². The van der Waals surface area contributed by atoms with Crippen molar-refractivity contribution in [3.63, 3.8) is 0 Å². The van der Waals surface area contributed by atoms with Crippen LogP contribution in [0, 0.1) is 11.7 Å². The molecule has 0 aliphatic carbocycles. The molecule has 1 atom stereocenters. The molecule has 1 heterocycles. The van der Waals surface area contributed by atoms with Crippen molar-refractivity contribution in [2.24, 2.45) is 5.92 Å². The van der Waals surface area contributed by atoms with E-state index in [0.717, 1.165) is 5.56 Å². The van der Waals surface area contributed by atoms with Crippen LogP contribution in [0.5, 0.6) is 0 Å². The second-order valence-electron chi connectivity index (χ2n) is 5.63. The summed E-state index contributed by atoms with van der Waals surface area (Å²) >= 11 is 0. The van der Waals surface area contributed by atoms with E-state index in [1.807, 2.05) is 6.92 Å². The van der Waals surface area contributed by atoms with E-state index in [-0.39, 0.29) is 23.5 Å². The molecule has 126 valence electrons. The molecular formula is C17H23FN2O3. The fourth-order valence-electron chi connectivity index (χ4n) is 2.67. The van der Waals surface area contributed by atoms with Gasteiger partial charge >= 0.3 is 0 Å². The van der Waals surface area contributed by atoms with Crippen LogP contribution in [0.25, 0.3) is 0 Å². The summed E-state index contributed by atoms with van der Waals surface area (Å²) in [6.07, 6.45) is 0.901. The van der Waals surface area contributed by atoms with Crippen LogP contribution < -0.4 is 5.32 Å². The highest BCUT2D eigenvalue weighted by Gasteiger charge is 2.30. The van der Waals surface area contributed by atoms with Gasteiger partial charge in [-0.1, -0.05) is 12.1 Å². The number of carbonyl (C=O) groups excluding carboxylic acids is 2. The Kier molecular flexibility index (Phi) is 6.52. The molecule has 0 saturated carbocycles. The number of likely N-dealkylation sites (tertiary alicyclic amines) is 1. The maximum absolute atomic E-state index is 13.2. The normalized spacial score (nSPS) is 18.1. The molecule has 1 aliphatic rings. The van der Waals surface area contributed by atoms with Gasteiger partial charge in [-0.05, 0) is 31.0 Å². The van der Waals surface area contributed by atoms with Crippen molar-refractivity contribution in [3.05, 3.63) is 35.6 Å². The monoisotopic (exact) mass is 322 g/mol. The third kappa shape index (κ3) is 5.32. The first kappa shape index (κ1) is 17.4. The molecule has 5 nitrogen and oxygen atoms in total. The fraction of sp³-hybridized carbons (Fsp3) is 0.529. The highest BCUT2D eigenvalue weighted by Crippen LogP contribution is 2.20. The van der Waals surface area contributed by atoms with Gasteiger partial charge in [0.15, 0.2) is 0 Å². The first-order valence-corrected chi connectivity index (χ1v) is 7.97. The van der Waals surface area contributed by atoms with Crippen LogP contribution in [-0.4, -0.2) is 43.0 Å². The summed E-state index contributed by atoms with van der Waals surface area (Å²) in [4.78, 5) is 25.8. The molecule has 0 bridgehead atoms. The number of nitrogens with zero attached hydrogens (tertiary/aromatic N) is 1. The number of hydrogen-bond acceptors (Lipinski definition) is 3. The van der Waals surface area contributed by atoms with Gasteiger partial charge in [-0.25, -0.2) is 4.39 Å². The van der Waals surface area contributed by atoms with Crippen molar-refractivity contribution in [2.75, 3.05) is 26.3 Å². The Morgan fingerprint density at radius 1 is 1.48 bits per heavy atom. The van der Waals surface area contributed by atoms with E-state index in [2.05, 4.69) is 5.32 Å². The van der Waals surface area contributed by atoms with Gasteiger partial charge in [0.05, 0.1) is 12.5 Å². The second kappa shape index (κ2) is 8.62. The van der Waals surface area contributed by atoms with Crippen molar-refractivity contribution in [3.8, 4) is 0 Å². The Morgan fingerprint density at radius 3 is 3.04 bits per heavy atom. The summed E-state index contributed by atoms with van der Waals surface area (Å²) in [5.41, 5.74) is 0.732. The summed E-state index contributed by atoms with van der Waals surface area (Å²) < 4.78 is 18.4. The number of rotatable bonds is 7. The summed E-state index contributed by atoms with van der Waals surface area (Å²) in [6, 6.07) is 6.19. The van der Waals surface area contributed by atoms with Crippen molar-refractivity contribution < 1.29 is 18.7 Å². The lowest BCUT2D eigenvalue weighted by Gasteiger charge is -2.32. The van der Waals surface area contributed by atoms with Crippen LogP contribution in [0.15, 0.2) is 24.3 Å². The maximum atomic E-state index is 13.2. The maximum Gasteiger partial charge on any atom is 0.224 e. The minimum Gasteiger partial charge on any atom is -0.380 e. The van der Waals surface area contributed by atoms with Gasteiger partial charge in [0.25, 0.3) is 0 Å². The zero-order valence-electron chi connectivity index (χ0n) is 13.4. The van der Waals surface area contributed by atoms with Gasteiger partial charge in [0.2, 0.25) is 11.8 Å². The van der Waals surface area contributed by atoms with Gasteiger partial charge in [0, 0.05) is 32.7 Å². The lowest BCUT2D eigenvalue weighted by molar-refractivity contribution is -0.139. The number of benzene rings is 1. The van der Waals surface area contributed by atoms with Gasteiger partial charge < -0.3 is 15.0 Å². The molecule has 1 aliphatic heterocycles. The highest BCUT2D eigenvalue weighted by molar-refractivity contribution is 5.83. The molecule has 1 N–H and O–H groups in total. The zero-order valence-corrected chi connectivity index (χ0v) is 13.4. The van der Waals surface area contributed by atoms with Crippen LogP contribution in [0.1, 0.15) is 25.3 Å². The number of halogens is 1. The summed E-state index contributed by atoms with van der Waals surface area (Å²) in [5.74, 6) is -0.589. The number of nitrogens with one attached hydrogen (secondary N) is 1. The summed E-state index contributed by atoms with van der Waals surface area (Å²) in [6.45, 7) is 4.19. The lowest BCUT2D eigenvalue weighted by Crippen LogP contribution is -2.45. The van der Waals surface area contributed by atoms with Crippen molar-refractivity contribution >= 4 is 11.8 Å². The SMILES string of the molecule is CCOCCNC(=O)C1CCC(=O)N(Cc2cccc(F)c2)C1. The van der Waals surface area contributed by atoms with E-state index >= 15 is 0 Å². The van der Waals surface area contributed by atoms with E-state index in [0.29, 0.717) is 45.7 Å².